The highest BCUT2D eigenvalue weighted by Crippen LogP contribution is 2.20. The van der Waals surface area contributed by atoms with E-state index in [9.17, 15) is 9.90 Å². The molecule has 0 aliphatic carbocycles. The zero-order chi connectivity index (χ0) is 16.9. The fourth-order valence-electron chi connectivity index (χ4n) is 2.80. The van der Waals surface area contributed by atoms with Crippen LogP contribution in [-0.4, -0.2) is 40.1 Å². The average molecular weight is 342 g/mol. The van der Waals surface area contributed by atoms with Crippen LogP contribution < -0.4 is 5.32 Å². The first kappa shape index (κ1) is 16.4. The van der Waals surface area contributed by atoms with Gasteiger partial charge in [0.2, 0.25) is 0 Å². The Morgan fingerprint density at radius 1 is 1.54 bits per heavy atom. The van der Waals surface area contributed by atoms with Gasteiger partial charge in [-0.2, -0.15) is 5.26 Å². The summed E-state index contributed by atoms with van der Waals surface area (Å²) in [4.78, 5) is 19.7. The average Bonchev–Trinajstić information content (AvgIpc) is 3.28. The molecule has 1 fully saturated rings. The Balaban J connectivity index is 1.67. The minimum Gasteiger partial charge on any atom is -0.394 e. The van der Waals surface area contributed by atoms with Gasteiger partial charge < -0.3 is 15.3 Å². The lowest BCUT2D eigenvalue weighted by Gasteiger charge is -2.22. The molecule has 2 aromatic rings. The van der Waals surface area contributed by atoms with E-state index < -0.39 is 0 Å². The van der Waals surface area contributed by atoms with E-state index in [0.717, 1.165) is 17.7 Å². The number of nitrogens with zero attached hydrogens (tertiary/aromatic N) is 3. The predicted octanol–water partition coefficient (Wildman–Crippen LogP) is 2.22. The first-order chi connectivity index (χ1) is 11.7. The largest absolute Gasteiger partial charge is 0.394 e. The van der Waals surface area contributed by atoms with E-state index in [0.29, 0.717) is 30.2 Å². The van der Waals surface area contributed by atoms with Gasteiger partial charge in [-0.05, 0) is 31.0 Å². The molecule has 1 atom stereocenters. The fourth-order valence-corrected chi connectivity index (χ4v) is 3.55. The summed E-state index contributed by atoms with van der Waals surface area (Å²) in [5.74, 6) is 0.477. The van der Waals surface area contributed by atoms with Crippen molar-refractivity contribution in [1.29, 1.82) is 5.26 Å². The van der Waals surface area contributed by atoms with Gasteiger partial charge in [-0.25, -0.2) is 4.98 Å². The Labute approximate surface area is 144 Å². The highest BCUT2D eigenvalue weighted by Gasteiger charge is 2.29. The number of amides is 1. The minimum absolute atomic E-state index is 0.0106. The smallest absolute Gasteiger partial charge is 0.272 e. The van der Waals surface area contributed by atoms with Crippen LogP contribution >= 0.6 is 11.3 Å². The molecule has 0 unspecified atom stereocenters. The van der Waals surface area contributed by atoms with Crippen molar-refractivity contribution in [1.82, 2.24) is 9.88 Å². The molecule has 3 heterocycles. The van der Waals surface area contributed by atoms with E-state index >= 15 is 0 Å². The van der Waals surface area contributed by atoms with Crippen LogP contribution in [0.3, 0.4) is 0 Å². The third-order valence-corrected chi connectivity index (χ3v) is 4.98. The summed E-state index contributed by atoms with van der Waals surface area (Å²) in [6, 6.07) is 9.13. The normalized spacial score (nSPS) is 16.8. The van der Waals surface area contributed by atoms with E-state index in [4.69, 9.17) is 5.26 Å². The van der Waals surface area contributed by atoms with Crippen LogP contribution in [0.25, 0.3) is 0 Å². The number of carbonyl (C=O) groups excluding carboxylic acids is 1. The maximum absolute atomic E-state index is 12.6. The Hall–Kier alpha value is -2.43. The summed E-state index contributed by atoms with van der Waals surface area (Å²) in [5.41, 5.74) is 1.03. The minimum atomic E-state index is -0.141. The maximum Gasteiger partial charge on any atom is 0.272 e. The van der Waals surface area contributed by atoms with Crippen molar-refractivity contribution in [2.75, 3.05) is 18.5 Å². The van der Waals surface area contributed by atoms with E-state index in [2.05, 4.69) is 16.4 Å². The van der Waals surface area contributed by atoms with Gasteiger partial charge in [0.05, 0.1) is 24.8 Å². The van der Waals surface area contributed by atoms with Crippen LogP contribution in [0.15, 0.2) is 29.6 Å². The van der Waals surface area contributed by atoms with Gasteiger partial charge >= 0.3 is 0 Å². The molecule has 1 aliphatic rings. The number of likely N-dealkylation sites (tertiary alicyclic amines) is 1. The summed E-state index contributed by atoms with van der Waals surface area (Å²) in [5, 5.41) is 23.2. The van der Waals surface area contributed by atoms with E-state index in [-0.39, 0.29) is 18.6 Å². The molecule has 0 aromatic carbocycles. The standard InChI is InChI=1S/C17H18N4O2S/c18-8-12-7-14(24-11-12)9-19-16-5-1-4-15(20-16)17(23)21-6-2-3-13(21)10-22/h1,4-5,7,11,13,22H,2-3,6,9-10H2,(H,19,20)/t13-/m1/s1. The quantitative estimate of drug-likeness (QED) is 0.870. The lowest BCUT2D eigenvalue weighted by molar-refractivity contribution is 0.0672. The van der Waals surface area contributed by atoms with Crippen LogP contribution in [-0.2, 0) is 6.54 Å². The topological polar surface area (TPSA) is 89.2 Å². The molecular weight excluding hydrogens is 324 g/mol. The molecule has 1 saturated heterocycles. The zero-order valence-corrected chi connectivity index (χ0v) is 13.9. The molecule has 1 amide bonds. The molecular formula is C17H18N4O2S. The second-order valence-corrected chi connectivity index (χ2v) is 6.65. The summed E-state index contributed by atoms with van der Waals surface area (Å²) in [6.45, 7) is 1.21. The van der Waals surface area contributed by atoms with Gasteiger partial charge in [0.25, 0.3) is 5.91 Å². The van der Waals surface area contributed by atoms with Gasteiger partial charge in [-0.1, -0.05) is 6.07 Å². The third kappa shape index (κ3) is 3.55. The van der Waals surface area contributed by atoms with Gasteiger partial charge in [0, 0.05) is 16.8 Å². The van der Waals surface area contributed by atoms with Gasteiger partial charge in [-0.3, -0.25) is 4.79 Å². The van der Waals surface area contributed by atoms with Crippen molar-refractivity contribution >= 4 is 23.1 Å². The maximum atomic E-state index is 12.6. The van der Waals surface area contributed by atoms with E-state index in [1.54, 1.807) is 17.0 Å². The highest BCUT2D eigenvalue weighted by molar-refractivity contribution is 7.10. The Morgan fingerprint density at radius 3 is 3.17 bits per heavy atom. The van der Waals surface area contributed by atoms with Crippen molar-refractivity contribution < 1.29 is 9.90 Å². The molecule has 0 bridgehead atoms. The summed E-state index contributed by atoms with van der Waals surface area (Å²) in [6.07, 6.45) is 1.74. The number of pyridine rings is 1. The first-order valence-corrected chi connectivity index (χ1v) is 8.69. The molecule has 2 N–H and O–H groups in total. The molecule has 7 heteroatoms. The number of carbonyl (C=O) groups is 1. The molecule has 124 valence electrons. The number of aromatic nitrogens is 1. The second kappa shape index (κ2) is 7.43. The summed E-state index contributed by atoms with van der Waals surface area (Å²) < 4.78 is 0. The lowest BCUT2D eigenvalue weighted by Crippen LogP contribution is -2.38. The number of anilines is 1. The molecule has 0 saturated carbocycles. The Kier molecular flexibility index (Phi) is 5.08. The zero-order valence-electron chi connectivity index (χ0n) is 13.1. The van der Waals surface area contributed by atoms with E-state index in [1.165, 1.54) is 11.3 Å². The number of rotatable bonds is 5. The van der Waals surface area contributed by atoms with Crippen molar-refractivity contribution in [3.05, 3.63) is 45.8 Å². The Bertz CT molecular complexity index is 768. The van der Waals surface area contributed by atoms with E-state index in [1.807, 2.05) is 17.5 Å². The van der Waals surface area contributed by atoms with Crippen molar-refractivity contribution in [3.63, 3.8) is 0 Å². The number of hydrogen-bond donors (Lipinski definition) is 2. The molecule has 24 heavy (non-hydrogen) atoms. The highest BCUT2D eigenvalue weighted by atomic mass is 32.1. The number of aliphatic hydroxyl groups is 1. The SMILES string of the molecule is N#Cc1csc(CNc2cccc(C(=O)N3CCC[C@@H]3CO)n2)c1. The molecule has 3 rings (SSSR count). The third-order valence-electron chi connectivity index (χ3n) is 4.04. The predicted molar refractivity (Wildman–Crippen MR) is 91.7 cm³/mol. The number of hydrogen-bond acceptors (Lipinski definition) is 6. The monoisotopic (exact) mass is 342 g/mol. The molecule has 2 aromatic heterocycles. The van der Waals surface area contributed by atoms with Gasteiger partial charge in [-0.15, -0.1) is 11.3 Å². The van der Waals surface area contributed by atoms with Crippen LogP contribution in [0.5, 0.6) is 0 Å². The summed E-state index contributed by atoms with van der Waals surface area (Å²) in [7, 11) is 0. The number of thiophene rings is 1. The molecule has 0 radical (unpaired) electrons. The number of nitriles is 1. The first-order valence-electron chi connectivity index (χ1n) is 7.81. The number of aliphatic hydroxyl groups excluding tert-OH is 1. The van der Waals surface area contributed by atoms with Gasteiger partial charge in [0.1, 0.15) is 17.6 Å². The van der Waals surface area contributed by atoms with Crippen molar-refractivity contribution in [3.8, 4) is 6.07 Å². The van der Waals surface area contributed by atoms with Crippen LogP contribution in [0.1, 0.15) is 33.8 Å². The fraction of sp³-hybridized carbons (Fsp3) is 0.353. The molecule has 0 spiro atoms. The second-order valence-electron chi connectivity index (χ2n) is 5.65. The summed E-state index contributed by atoms with van der Waals surface area (Å²) >= 11 is 1.51. The van der Waals surface area contributed by atoms with Crippen LogP contribution in [0.4, 0.5) is 5.82 Å². The van der Waals surface area contributed by atoms with Crippen molar-refractivity contribution in [2.45, 2.75) is 25.4 Å². The van der Waals surface area contributed by atoms with Crippen LogP contribution in [0, 0.1) is 11.3 Å². The molecule has 6 nitrogen and oxygen atoms in total. The van der Waals surface area contributed by atoms with Crippen molar-refractivity contribution in [2.24, 2.45) is 0 Å². The molecule has 1 aliphatic heterocycles. The van der Waals surface area contributed by atoms with Gasteiger partial charge in [0.15, 0.2) is 0 Å². The van der Waals surface area contributed by atoms with Crippen LogP contribution in [0.2, 0.25) is 0 Å². The lowest BCUT2D eigenvalue weighted by atomic mass is 10.2. The number of nitrogens with one attached hydrogen (secondary N) is 1. The Morgan fingerprint density at radius 2 is 2.42 bits per heavy atom.